The van der Waals surface area contributed by atoms with Gasteiger partial charge in [0.2, 0.25) is 0 Å². The molecule has 0 saturated carbocycles. The van der Waals surface area contributed by atoms with Gasteiger partial charge in [-0.25, -0.2) is 0 Å². The Labute approximate surface area is 349 Å². The molecule has 0 aromatic heterocycles. The Bertz CT molecular complexity index is 3360. The first-order valence-electron chi connectivity index (χ1n) is 20.8. The van der Waals surface area contributed by atoms with Gasteiger partial charge in [-0.15, -0.1) is 0 Å². The van der Waals surface area contributed by atoms with Gasteiger partial charge in [-0.3, -0.25) is 0 Å². The van der Waals surface area contributed by atoms with Gasteiger partial charge in [0.15, 0.2) is 0 Å². The molecule has 0 unspecified atom stereocenters. The summed E-state index contributed by atoms with van der Waals surface area (Å²) in [7, 11) is 0. The van der Waals surface area contributed by atoms with Crippen molar-refractivity contribution >= 4 is 64.6 Å². The largest absolute Gasteiger partial charge is 0.0622 e. The number of benzene rings is 12. The molecule has 0 amide bonds. The Morgan fingerprint density at radius 2 is 0.367 bits per heavy atom. The quantitative estimate of drug-likeness (QED) is 0.153. The lowest BCUT2D eigenvalue weighted by Crippen LogP contribution is -1.91. The van der Waals surface area contributed by atoms with Crippen LogP contribution >= 0.6 is 0 Å². The third-order valence-electron chi connectivity index (χ3n) is 12.6. The normalized spacial score (nSPS) is 11.7. The van der Waals surface area contributed by atoms with Crippen molar-refractivity contribution in [2.24, 2.45) is 0 Å². The van der Waals surface area contributed by atoms with Crippen LogP contribution in [0.3, 0.4) is 0 Å². The smallest absolute Gasteiger partial charge is 0.00921 e. The topological polar surface area (TPSA) is 0 Å². The van der Waals surface area contributed by atoms with Crippen molar-refractivity contribution in [2.45, 2.75) is 0 Å². The fraction of sp³-hybridized carbons (Fsp3) is 0. The van der Waals surface area contributed by atoms with Crippen molar-refractivity contribution in [2.75, 3.05) is 0 Å². The molecule has 0 aliphatic rings. The second kappa shape index (κ2) is 13.9. The fourth-order valence-corrected chi connectivity index (χ4v) is 9.79. The van der Waals surface area contributed by atoms with Crippen molar-refractivity contribution in [3.8, 4) is 55.6 Å². The number of rotatable bonds is 5. The van der Waals surface area contributed by atoms with Crippen LogP contribution in [0.2, 0.25) is 0 Å². The van der Waals surface area contributed by atoms with Gasteiger partial charge in [-0.2, -0.15) is 0 Å². The van der Waals surface area contributed by atoms with E-state index in [-0.39, 0.29) is 0 Å². The summed E-state index contributed by atoms with van der Waals surface area (Å²) in [4.78, 5) is 0. The third kappa shape index (κ3) is 5.53. The average Bonchev–Trinajstić information content (AvgIpc) is 3.33. The van der Waals surface area contributed by atoms with Gasteiger partial charge < -0.3 is 0 Å². The highest BCUT2D eigenvalue weighted by molar-refractivity contribution is 6.26. The predicted molar refractivity (Wildman–Crippen MR) is 259 cm³/mol. The van der Waals surface area contributed by atoms with Crippen LogP contribution in [-0.2, 0) is 0 Å². The van der Waals surface area contributed by atoms with E-state index in [4.69, 9.17) is 0 Å². The first-order chi connectivity index (χ1) is 29.8. The van der Waals surface area contributed by atoms with Crippen LogP contribution in [0.5, 0.6) is 0 Å². The van der Waals surface area contributed by atoms with Gasteiger partial charge in [-0.05, 0) is 157 Å². The first kappa shape index (κ1) is 34.3. The van der Waals surface area contributed by atoms with Crippen LogP contribution < -0.4 is 0 Å². The molecule has 0 spiro atoms. The zero-order valence-corrected chi connectivity index (χ0v) is 32.9. The minimum atomic E-state index is 1.20. The van der Waals surface area contributed by atoms with Crippen LogP contribution in [0.25, 0.3) is 120 Å². The summed E-state index contributed by atoms with van der Waals surface area (Å²) in [6.07, 6.45) is 0. The van der Waals surface area contributed by atoms with Gasteiger partial charge in [0.05, 0.1) is 0 Å². The summed E-state index contributed by atoms with van der Waals surface area (Å²) in [6.45, 7) is 0. The molecule has 0 N–H and O–H groups in total. The predicted octanol–water partition coefficient (Wildman–Crippen LogP) is 16.9. The maximum atomic E-state index is 2.45. The van der Waals surface area contributed by atoms with Gasteiger partial charge in [0.25, 0.3) is 0 Å². The van der Waals surface area contributed by atoms with Gasteiger partial charge in [0, 0.05) is 0 Å². The van der Waals surface area contributed by atoms with Gasteiger partial charge >= 0.3 is 0 Å². The summed E-state index contributed by atoms with van der Waals surface area (Å²) in [5, 5.41) is 15.2. The second-order valence-corrected chi connectivity index (χ2v) is 16.0. The second-order valence-electron chi connectivity index (χ2n) is 16.0. The Balaban J connectivity index is 1.17. The van der Waals surface area contributed by atoms with E-state index in [9.17, 15) is 0 Å². The molecule has 0 bridgehead atoms. The van der Waals surface area contributed by atoms with E-state index >= 15 is 0 Å². The molecule has 0 atom stereocenters. The molecule has 0 radical (unpaired) electrons. The van der Waals surface area contributed by atoms with E-state index in [1.807, 2.05) is 0 Å². The van der Waals surface area contributed by atoms with Crippen LogP contribution in [-0.4, -0.2) is 0 Å². The van der Waals surface area contributed by atoms with E-state index in [2.05, 4.69) is 231 Å². The molecule has 0 heterocycles. The van der Waals surface area contributed by atoms with Crippen molar-refractivity contribution in [1.82, 2.24) is 0 Å². The molecule has 12 aromatic carbocycles. The van der Waals surface area contributed by atoms with Gasteiger partial charge in [-0.1, -0.05) is 194 Å². The number of fused-ring (bicyclic) bond motifs is 10. The monoisotopic (exact) mass is 758 g/mol. The molecule has 0 fully saturated rings. The highest BCUT2D eigenvalue weighted by Crippen LogP contribution is 2.45. The maximum Gasteiger partial charge on any atom is -0.00921 e. The summed E-state index contributed by atoms with van der Waals surface area (Å²) in [5.74, 6) is 0. The van der Waals surface area contributed by atoms with Crippen molar-refractivity contribution in [1.29, 1.82) is 0 Å². The molecular weight excluding hydrogens is 721 g/mol. The van der Waals surface area contributed by atoms with Gasteiger partial charge in [0.1, 0.15) is 0 Å². The molecule has 0 aliphatic heterocycles. The standard InChI is InChI=1S/C60H38/c1-5-17-39(18-6-1)51-37-59-55-33-43(29-31-49(55)53(41-21-9-3-10-22-41)35-57(59)47-27-15-13-25-45(47)51)44-30-32-50-54(42-23-11-4-12-24-42)36-58-48-28-16-14-26-46(48)52(38-60(58)56(50)34-44)40-19-7-2-8-20-40/h1-38H. The van der Waals surface area contributed by atoms with E-state index < -0.39 is 0 Å². The zero-order chi connectivity index (χ0) is 39.6. The lowest BCUT2D eigenvalue weighted by Gasteiger charge is -2.18. The SMILES string of the molecule is c1ccc(-c2cc3c4cc(-c5ccc6c(-c7ccccc7)cc7c8ccccc8c(-c8ccccc8)cc7c6c5)ccc4c(-c4ccccc4)cc3c3ccccc23)cc1. The van der Waals surface area contributed by atoms with Crippen molar-refractivity contribution in [3.63, 3.8) is 0 Å². The highest BCUT2D eigenvalue weighted by atomic mass is 14.2. The summed E-state index contributed by atoms with van der Waals surface area (Å²) in [6, 6.07) is 85.2. The molecule has 0 nitrogen and oxygen atoms in total. The minimum absolute atomic E-state index is 1.20. The van der Waals surface area contributed by atoms with E-state index in [0.717, 1.165) is 0 Å². The van der Waals surface area contributed by atoms with Crippen LogP contribution in [0.15, 0.2) is 231 Å². The lowest BCUT2D eigenvalue weighted by atomic mass is 9.85. The fourth-order valence-electron chi connectivity index (χ4n) is 9.79. The van der Waals surface area contributed by atoms with E-state index in [0.29, 0.717) is 0 Å². The van der Waals surface area contributed by atoms with Crippen LogP contribution in [0.4, 0.5) is 0 Å². The minimum Gasteiger partial charge on any atom is -0.0622 e. The molecule has 278 valence electrons. The molecule has 60 heavy (non-hydrogen) atoms. The Morgan fingerprint density at radius 1 is 0.133 bits per heavy atom. The maximum absolute atomic E-state index is 2.45. The summed E-state index contributed by atoms with van der Waals surface area (Å²) in [5.41, 5.74) is 12.3. The molecule has 12 rings (SSSR count). The third-order valence-corrected chi connectivity index (χ3v) is 12.6. The molecule has 0 saturated heterocycles. The summed E-state index contributed by atoms with van der Waals surface area (Å²) < 4.78 is 0. The van der Waals surface area contributed by atoms with Crippen molar-refractivity contribution in [3.05, 3.63) is 231 Å². The Morgan fingerprint density at radius 3 is 0.683 bits per heavy atom. The van der Waals surface area contributed by atoms with Crippen LogP contribution in [0, 0.1) is 0 Å². The lowest BCUT2D eigenvalue weighted by molar-refractivity contribution is 1.64. The molecular formula is C60H38. The van der Waals surface area contributed by atoms with E-state index in [1.165, 1.54) is 120 Å². The number of hydrogen-bond donors (Lipinski definition) is 0. The Hall–Kier alpha value is -7.80. The molecule has 0 heteroatoms. The van der Waals surface area contributed by atoms with Crippen molar-refractivity contribution < 1.29 is 0 Å². The van der Waals surface area contributed by atoms with E-state index in [1.54, 1.807) is 0 Å². The Kier molecular flexibility index (Phi) is 7.96. The zero-order valence-electron chi connectivity index (χ0n) is 32.9. The summed E-state index contributed by atoms with van der Waals surface area (Å²) >= 11 is 0. The number of hydrogen-bond acceptors (Lipinski definition) is 0. The first-order valence-corrected chi connectivity index (χ1v) is 20.8. The average molecular weight is 759 g/mol. The molecule has 12 aromatic rings. The molecule has 0 aliphatic carbocycles. The highest BCUT2D eigenvalue weighted by Gasteiger charge is 2.18. The van der Waals surface area contributed by atoms with Crippen LogP contribution in [0.1, 0.15) is 0 Å².